The summed E-state index contributed by atoms with van der Waals surface area (Å²) in [5.74, 6) is 0.583. The molecule has 0 fully saturated rings. The molecule has 1 aliphatic heterocycles. The van der Waals surface area contributed by atoms with Crippen LogP contribution in [0.2, 0.25) is 0 Å². The van der Waals surface area contributed by atoms with E-state index in [9.17, 15) is 4.79 Å². The average Bonchev–Trinajstić information content (AvgIpc) is 2.70. The standard InChI is InChI=1S/C13H16O4/c1-8-4-5-10-11(17-7-16-10)9(8)6-13(2,3)12(14)15/h4-5H,6-7H2,1-3H3,(H,14,15). The predicted octanol–water partition coefficient (Wildman–Crippen LogP) is 2.38. The van der Waals surface area contributed by atoms with Crippen LogP contribution in [0, 0.1) is 12.3 Å². The van der Waals surface area contributed by atoms with Crippen LogP contribution in [0.4, 0.5) is 0 Å². The largest absolute Gasteiger partial charge is 0.481 e. The van der Waals surface area contributed by atoms with E-state index in [-0.39, 0.29) is 6.79 Å². The SMILES string of the molecule is Cc1ccc2c(c1CC(C)(C)C(=O)O)OCO2. The lowest BCUT2D eigenvalue weighted by molar-refractivity contribution is -0.146. The van der Waals surface area contributed by atoms with Crippen molar-refractivity contribution in [1.29, 1.82) is 0 Å². The number of hydrogen-bond acceptors (Lipinski definition) is 3. The molecule has 1 heterocycles. The summed E-state index contributed by atoms with van der Waals surface area (Å²) in [5.41, 5.74) is 1.14. The smallest absolute Gasteiger partial charge is 0.309 e. The van der Waals surface area contributed by atoms with Crippen molar-refractivity contribution in [3.05, 3.63) is 23.3 Å². The van der Waals surface area contributed by atoms with Gasteiger partial charge in [-0.15, -0.1) is 0 Å². The van der Waals surface area contributed by atoms with Crippen LogP contribution in [0.5, 0.6) is 11.5 Å². The molecule has 0 bridgehead atoms. The molecule has 2 rings (SSSR count). The van der Waals surface area contributed by atoms with E-state index in [0.717, 1.165) is 11.1 Å². The van der Waals surface area contributed by atoms with Gasteiger partial charge in [-0.1, -0.05) is 6.07 Å². The quantitative estimate of drug-likeness (QED) is 0.875. The summed E-state index contributed by atoms with van der Waals surface area (Å²) < 4.78 is 10.7. The van der Waals surface area contributed by atoms with E-state index in [1.54, 1.807) is 13.8 Å². The van der Waals surface area contributed by atoms with Crippen LogP contribution in [-0.2, 0) is 11.2 Å². The van der Waals surface area contributed by atoms with Crippen LogP contribution in [0.25, 0.3) is 0 Å². The molecule has 92 valence electrons. The Kier molecular flexibility index (Phi) is 2.73. The zero-order chi connectivity index (χ0) is 12.6. The fraction of sp³-hybridized carbons (Fsp3) is 0.462. The predicted molar refractivity (Wildman–Crippen MR) is 62.4 cm³/mol. The Morgan fingerprint density at radius 3 is 2.76 bits per heavy atom. The molecule has 4 nitrogen and oxygen atoms in total. The van der Waals surface area contributed by atoms with E-state index in [4.69, 9.17) is 14.6 Å². The maximum atomic E-state index is 11.2. The minimum Gasteiger partial charge on any atom is -0.481 e. The van der Waals surface area contributed by atoms with Gasteiger partial charge in [0, 0.05) is 5.56 Å². The Bertz CT molecular complexity index is 463. The lowest BCUT2D eigenvalue weighted by Crippen LogP contribution is -2.26. The summed E-state index contributed by atoms with van der Waals surface area (Å²) in [4.78, 5) is 11.2. The third-order valence-corrected chi connectivity index (χ3v) is 3.07. The van der Waals surface area contributed by atoms with E-state index in [2.05, 4.69) is 0 Å². The van der Waals surface area contributed by atoms with Crippen molar-refractivity contribution in [2.24, 2.45) is 5.41 Å². The van der Waals surface area contributed by atoms with Gasteiger partial charge in [0.15, 0.2) is 11.5 Å². The molecule has 0 unspecified atom stereocenters. The van der Waals surface area contributed by atoms with E-state index < -0.39 is 11.4 Å². The molecule has 0 aromatic heterocycles. The van der Waals surface area contributed by atoms with Gasteiger partial charge in [0.2, 0.25) is 6.79 Å². The van der Waals surface area contributed by atoms with Gasteiger partial charge in [-0.05, 0) is 38.8 Å². The van der Waals surface area contributed by atoms with Crippen molar-refractivity contribution in [3.63, 3.8) is 0 Å². The van der Waals surface area contributed by atoms with Crippen molar-refractivity contribution in [2.75, 3.05) is 6.79 Å². The Labute approximate surface area is 100 Å². The zero-order valence-electron chi connectivity index (χ0n) is 10.2. The first-order valence-electron chi connectivity index (χ1n) is 5.53. The summed E-state index contributed by atoms with van der Waals surface area (Å²) in [7, 11) is 0. The van der Waals surface area contributed by atoms with Crippen molar-refractivity contribution in [2.45, 2.75) is 27.2 Å². The van der Waals surface area contributed by atoms with Gasteiger partial charge < -0.3 is 14.6 Å². The van der Waals surface area contributed by atoms with Gasteiger partial charge in [0.25, 0.3) is 0 Å². The number of aliphatic carboxylic acids is 1. The molecule has 17 heavy (non-hydrogen) atoms. The maximum Gasteiger partial charge on any atom is 0.309 e. The molecule has 0 spiro atoms. The fourth-order valence-electron chi connectivity index (χ4n) is 1.87. The van der Waals surface area contributed by atoms with Crippen LogP contribution in [0.3, 0.4) is 0 Å². The molecule has 1 aromatic rings. The Morgan fingerprint density at radius 2 is 2.12 bits per heavy atom. The molecular weight excluding hydrogens is 220 g/mol. The Morgan fingerprint density at radius 1 is 1.41 bits per heavy atom. The molecule has 0 amide bonds. The molecule has 0 saturated heterocycles. The topological polar surface area (TPSA) is 55.8 Å². The number of rotatable bonds is 3. The normalized spacial score (nSPS) is 13.8. The molecular formula is C13H16O4. The van der Waals surface area contributed by atoms with Crippen LogP contribution in [-0.4, -0.2) is 17.9 Å². The van der Waals surface area contributed by atoms with Gasteiger partial charge >= 0.3 is 5.97 Å². The third-order valence-electron chi connectivity index (χ3n) is 3.07. The third kappa shape index (κ3) is 2.07. The number of fused-ring (bicyclic) bond motifs is 1. The van der Waals surface area contributed by atoms with Crippen molar-refractivity contribution >= 4 is 5.97 Å². The Balaban J connectivity index is 2.39. The van der Waals surface area contributed by atoms with Crippen molar-refractivity contribution < 1.29 is 19.4 Å². The first kappa shape index (κ1) is 11.8. The van der Waals surface area contributed by atoms with Crippen LogP contribution >= 0.6 is 0 Å². The van der Waals surface area contributed by atoms with Gasteiger partial charge in [0.05, 0.1) is 5.41 Å². The molecule has 0 saturated carbocycles. The van der Waals surface area contributed by atoms with Crippen LogP contribution < -0.4 is 9.47 Å². The number of ether oxygens (including phenoxy) is 2. The first-order chi connectivity index (χ1) is 7.92. The minimum atomic E-state index is -0.814. The second kappa shape index (κ2) is 3.95. The van der Waals surface area contributed by atoms with Gasteiger partial charge in [-0.3, -0.25) is 4.79 Å². The molecule has 1 aliphatic rings. The monoisotopic (exact) mass is 236 g/mol. The zero-order valence-corrected chi connectivity index (χ0v) is 10.2. The van der Waals surface area contributed by atoms with Crippen molar-refractivity contribution in [1.82, 2.24) is 0 Å². The highest BCUT2D eigenvalue weighted by atomic mass is 16.7. The molecule has 1 N–H and O–H groups in total. The average molecular weight is 236 g/mol. The van der Waals surface area contributed by atoms with E-state index in [1.165, 1.54) is 0 Å². The van der Waals surface area contributed by atoms with Gasteiger partial charge in [-0.2, -0.15) is 0 Å². The van der Waals surface area contributed by atoms with Crippen LogP contribution in [0.1, 0.15) is 25.0 Å². The number of benzene rings is 1. The van der Waals surface area contributed by atoms with E-state index >= 15 is 0 Å². The van der Waals surface area contributed by atoms with E-state index in [0.29, 0.717) is 17.9 Å². The molecule has 1 aromatic carbocycles. The number of carbonyl (C=O) groups is 1. The Hall–Kier alpha value is -1.71. The highest BCUT2D eigenvalue weighted by molar-refractivity contribution is 5.74. The molecule has 0 aliphatic carbocycles. The lowest BCUT2D eigenvalue weighted by atomic mass is 9.84. The molecule has 0 radical (unpaired) electrons. The summed E-state index contributed by atoms with van der Waals surface area (Å²) in [6.07, 6.45) is 0.431. The highest BCUT2D eigenvalue weighted by Crippen LogP contribution is 2.40. The number of aryl methyl sites for hydroxylation is 1. The number of carboxylic acid groups (broad SMARTS) is 1. The molecule has 0 atom stereocenters. The number of hydrogen-bond donors (Lipinski definition) is 1. The first-order valence-corrected chi connectivity index (χ1v) is 5.53. The fourth-order valence-corrected chi connectivity index (χ4v) is 1.87. The summed E-state index contributed by atoms with van der Waals surface area (Å²) in [6.45, 7) is 5.59. The van der Waals surface area contributed by atoms with Crippen molar-refractivity contribution in [3.8, 4) is 11.5 Å². The number of carboxylic acids is 1. The minimum absolute atomic E-state index is 0.208. The van der Waals surface area contributed by atoms with Gasteiger partial charge in [0.1, 0.15) is 0 Å². The molecule has 4 heteroatoms. The lowest BCUT2D eigenvalue weighted by Gasteiger charge is -2.21. The summed E-state index contributed by atoms with van der Waals surface area (Å²) >= 11 is 0. The van der Waals surface area contributed by atoms with E-state index in [1.807, 2.05) is 19.1 Å². The summed E-state index contributed by atoms with van der Waals surface area (Å²) in [5, 5.41) is 9.17. The summed E-state index contributed by atoms with van der Waals surface area (Å²) in [6, 6.07) is 3.79. The maximum absolute atomic E-state index is 11.2. The second-order valence-electron chi connectivity index (χ2n) is 4.96. The second-order valence-corrected chi connectivity index (χ2v) is 4.96. The highest BCUT2D eigenvalue weighted by Gasteiger charge is 2.31. The van der Waals surface area contributed by atoms with Crippen LogP contribution in [0.15, 0.2) is 12.1 Å². The van der Waals surface area contributed by atoms with Gasteiger partial charge in [-0.25, -0.2) is 0 Å².